The fourth-order valence-corrected chi connectivity index (χ4v) is 1.70. The quantitative estimate of drug-likeness (QED) is 0.812. The topological polar surface area (TPSA) is 62.7 Å². The van der Waals surface area contributed by atoms with Gasteiger partial charge in [0.25, 0.3) is 0 Å². The first-order valence-corrected chi connectivity index (χ1v) is 5.48. The number of rotatable bonds is 3. The predicted molar refractivity (Wildman–Crippen MR) is 67.2 cm³/mol. The molecule has 3 nitrogen and oxygen atoms in total. The van der Waals surface area contributed by atoms with Crippen molar-refractivity contribution in [3.8, 4) is 6.07 Å². The molecule has 0 atom stereocenters. The minimum absolute atomic E-state index is 0.648. The van der Waals surface area contributed by atoms with Gasteiger partial charge in [0, 0.05) is 17.6 Å². The second kappa shape index (κ2) is 5.13. The lowest BCUT2D eigenvalue weighted by Crippen LogP contribution is -1.99. The minimum atomic E-state index is 0.648. The first-order chi connectivity index (χ1) is 8.29. The number of anilines is 1. The average molecular weight is 223 g/mol. The van der Waals surface area contributed by atoms with Crippen LogP contribution in [0.4, 0.5) is 5.69 Å². The van der Waals surface area contributed by atoms with Gasteiger partial charge >= 0.3 is 0 Å². The minimum Gasteiger partial charge on any atom is -0.399 e. The number of nitrogen functional groups attached to an aromatic ring is 1. The van der Waals surface area contributed by atoms with Gasteiger partial charge in [-0.2, -0.15) is 5.26 Å². The van der Waals surface area contributed by atoms with Crippen LogP contribution in [0.3, 0.4) is 0 Å². The highest BCUT2D eigenvalue weighted by Gasteiger charge is 2.02. The molecule has 0 bridgehead atoms. The number of pyridine rings is 1. The number of benzene rings is 1. The molecule has 2 rings (SSSR count). The van der Waals surface area contributed by atoms with E-state index >= 15 is 0 Å². The van der Waals surface area contributed by atoms with E-state index in [0.717, 1.165) is 29.8 Å². The summed E-state index contributed by atoms with van der Waals surface area (Å²) < 4.78 is 0. The van der Waals surface area contributed by atoms with E-state index in [-0.39, 0.29) is 0 Å². The van der Waals surface area contributed by atoms with Crippen LogP contribution in [0.1, 0.15) is 16.8 Å². The zero-order valence-corrected chi connectivity index (χ0v) is 9.43. The number of hydrogen-bond acceptors (Lipinski definition) is 3. The molecule has 0 aliphatic carbocycles. The van der Waals surface area contributed by atoms with Crippen LogP contribution in [0.25, 0.3) is 0 Å². The highest BCUT2D eigenvalue weighted by Crippen LogP contribution is 2.15. The number of nitrogens with two attached hydrogens (primary N) is 1. The molecule has 1 aromatic carbocycles. The van der Waals surface area contributed by atoms with Crippen LogP contribution in [0, 0.1) is 11.3 Å². The average Bonchev–Trinajstić information content (AvgIpc) is 2.39. The van der Waals surface area contributed by atoms with Crippen molar-refractivity contribution in [2.75, 3.05) is 5.73 Å². The van der Waals surface area contributed by atoms with Gasteiger partial charge in [-0.1, -0.05) is 6.07 Å². The van der Waals surface area contributed by atoms with Crippen LogP contribution >= 0.6 is 0 Å². The maximum atomic E-state index is 8.84. The monoisotopic (exact) mass is 223 g/mol. The molecule has 0 amide bonds. The Labute approximate surface area is 101 Å². The molecule has 0 fully saturated rings. The summed E-state index contributed by atoms with van der Waals surface area (Å²) >= 11 is 0. The number of aryl methyl sites for hydroxylation is 2. The van der Waals surface area contributed by atoms with Crippen molar-refractivity contribution in [1.29, 1.82) is 5.26 Å². The molecule has 3 heteroatoms. The molecule has 84 valence electrons. The largest absolute Gasteiger partial charge is 0.399 e. The second-order valence-electron chi connectivity index (χ2n) is 3.85. The molecule has 17 heavy (non-hydrogen) atoms. The maximum absolute atomic E-state index is 8.84. The van der Waals surface area contributed by atoms with E-state index in [2.05, 4.69) is 11.1 Å². The summed E-state index contributed by atoms with van der Waals surface area (Å²) in [6, 6.07) is 13.3. The molecule has 0 aliphatic rings. The van der Waals surface area contributed by atoms with Crippen LogP contribution in [0.2, 0.25) is 0 Å². The summed E-state index contributed by atoms with van der Waals surface area (Å²) in [6.45, 7) is 0. The van der Waals surface area contributed by atoms with Gasteiger partial charge in [0.15, 0.2) is 0 Å². The molecule has 0 radical (unpaired) electrons. The van der Waals surface area contributed by atoms with Crippen LogP contribution in [0.5, 0.6) is 0 Å². The summed E-state index contributed by atoms with van der Waals surface area (Å²) in [6.07, 6.45) is 3.42. The van der Waals surface area contributed by atoms with E-state index in [0.29, 0.717) is 5.56 Å². The van der Waals surface area contributed by atoms with E-state index < -0.39 is 0 Å². The zero-order chi connectivity index (χ0) is 12.1. The molecular formula is C14H13N3. The Morgan fingerprint density at radius 1 is 1.18 bits per heavy atom. The van der Waals surface area contributed by atoms with E-state index in [1.54, 1.807) is 18.3 Å². The summed E-state index contributed by atoms with van der Waals surface area (Å²) in [7, 11) is 0. The SMILES string of the molecule is N#Cc1ccc(N)c(CCc2ccccn2)c1. The van der Waals surface area contributed by atoms with E-state index in [1.165, 1.54) is 0 Å². The third-order valence-corrected chi connectivity index (χ3v) is 2.65. The van der Waals surface area contributed by atoms with E-state index in [4.69, 9.17) is 11.0 Å². The van der Waals surface area contributed by atoms with Crippen molar-refractivity contribution < 1.29 is 0 Å². The molecular weight excluding hydrogens is 210 g/mol. The predicted octanol–water partition coefficient (Wildman–Crippen LogP) is 2.32. The first-order valence-electron chi connectivity index (χ1n) is 5.48. The van der Waals surface area contributed by atoms with Crippen molar-refractivity contribution in [2.45, 2.75) is 12.8 Å². The molecule has 0 unspecified atom stereocenters. The van der Waals surface area contributed by atoms with Crippen molar-refractivity contribution >= 4 is 5.69 Å². The maximum Gasteiger partial charge on any atom is 0.0991 e. The van der Waals surface area contributed by atoms with E-state index in [1.807, 2.05) is 24.3 Å². The molecule has 1 aromatic heterocycles. The molecule has 0 saturated heterocycles. The second-order valence-corrected chi connectivity index (χ2v) is 3.85. The fourth-order valence-electron chi connectivity index (χ4n) is 1.70. The van der Waals surface area contributed by atoms with Gasteiger partial charge in [-0.25, -0.2) is 0 Å². The summed E-state index contributed by atoms with van der Waals surface area (Å²) in [4.78, 5) is 4.26. The molecule has 2 N–H and O–H groups in total. The summed E-state index contributed by atoms with van der Waals surface area (Å²) in [5.74, 6) is 0. The molecule has 0 saturated carbocycles. The normalized spacial score (nSPS) is 9.82. The van der Waals surface area contributed by atoms with Crippen molar-refractivity contribution in [3.63, 3.8) is 0 Å². The Hall–Kier alpha value is -2.34. The third-order valence-electron chi connectivity index (χ3n) is 2.65. The van der Waals surface area contributed by atoms with Gasteiger partial charge < -0.3 is 5.73 Å². The van der Waals surface area contributed by atoms with Crippen molar-refractivity contribution in [3.05, 3.63) is 59.4 Å². The molecule has 0 aliphatic heterocycles. The Kier molecular flexibility index (Phi) is 3.37. The lowest BCUT2D eigenvalue weighted by molar-refractivity contribution is 0.915. The van der Waals surface area contributed by atoms with Crippen molar-refractivity contribution in [1.82, 2.24) is 4.98 Å². The van der Waals surface area contributed by atoms with Crippen LogP contribution < -0.4 is 5.73 Å². The lowest BCUT2D eigenvalue weighted by Gasteiger charge is -2.05. The number of aromatic nitrogens is 1. The molecule has 2 aromatic rings. The standard InChI is InChI=1S/C14H13N3/c15-10-11-4-7-14(16)12(9-11)5-6-13-3-1-2-8-17-13/h1-4,7-9H,5-6,16H2. The van der Waals surface area contributed by atoms with Gasteiger partial charge in [0.1, 0.15) is 0 Å². The van der Waals surface area contributed by atoms with Crippen LogP contribution in [-0.4, -0.2) is 4.98 Å². The summed E-state index contributed by atoms with van der Waals surface area (Å²) in [5, 5.41) is 8.84. The summed E-state index contributed by atoms with van der Waals surface area (Å²) in [5.41, 5.74) is 9.31. The van der Waals surface area contributed by atoms with Gasteiger partial charge in [-0.15, -0.1) is 0 Å². The smallest absolute Gasteiger partial charge is 0.0991 e. The highest BCUT2D eigenvalue weighted by molar-refractivity contribution is 5.51. The molecule has 0 spiro atoms. The number of nitriles is 1. The fraction of sp³-hybridized carbons (Fsp3) is 0.143. The van der Waals surface area contributed by atoms with Crippen LogP contribution in [-0.2, 0) is 12.8 Å². The third kappa shape index (κ3) is 2.82. The van der Waals surface area contributed by atoms with Gasteiger partial charge in [-0.05, 0) is 48.7 Å². The number of nitrogens with zero attached hydrogens (tertiary/aromatic N) is 2. The highest BCUT2D eigenvalue weighted by atomic mass is 14.7. The Balaban J connectivity index is 2.12. The van der Waals surface area contributed by atoms with Crippen LogP contribution in [0.15, 0.2) is 42.6 Å². The first kappa shape index (κ1) is 11.2. The Bertz CT molecular complexity index is 541. The molecule has 1 heterocycles. The Morgan fingerprint density at radius 2 is 2.06 bits per heavy atom. The van der Waals surface area contributed by atoms with E-state index in [9.17, 15) is 0 Å². The Morgan fingerprint density at radius 3 is 2.76 bits per heavy atom. The zero-order valence-electron chi connectivity index (χ0n) is 9.43. The lowest BCUT2D eigenvalue weighted by atomic mass is 10.0. The van der Waals surface area contributed by atoms with Gasteiger partial charge in [-0.3, -0.25) is 4.98 Å². The van der Waals surface area contributed by atoms with Gasteiger partial charge in [0.2, 0.25) is 0 Å². The van der Waals surface area contributed by atoms with Gasteiger partial charge in [0.05, 0.1) is 11.6 Å². The number of hydrogen-bond donors (Lipinski definition) is 1. The van der Waals surface area contributed by atoms with Crippen molar-refractivity contribution in [2.24, 2.45) is 0 Å².